The highest BCUT2D eigenvalue weighted by Gasteiger charge is 2.23. The summed E-state index contributed by atoms with van der Waals surface area (Å²) in [4.78, 5) is 17.2. The summed E-state index contributed by atoms with van der Waals surface area (Å²) >= 11 is 11.9. The Morgan fingerprint density at radius 1 is 1.50 bits per heavy atom. The van der Waals surface area contributed by atoms with Gasteiger partial charge in [-0.05, 0) is 12.5 Å². The zero-order valence-corrected chi connectivity index (χ0v) is 11.4. The molecule has 98 valence electrons. The van der Waals surface area contributed by atoms with E-state index in [9.17, 15) is 4.79 Å². The summed E-state index contributed by atoms with van der Waals surface area (Å²) in [5.41, 5.74) is 5.64. The number of aromatic nitrogens is 1. The predicted octanol–water partition coefficient (Wildman–Crippen LogP) is 2.00. The number of piperidine rings is 1. The van der Waals surface area contributed by atoms with Crippen LogP contribution in [-0.2, 0) is 4.79 Å². The highest BCUT2D eigenvalue weighted by Crippen LogP contribution is 2.28. The van der Waals surface area contributed by atoms with Crippen molar-refractivity contribution < 1.29 is 4.79 Å². The fourth-order valence-electron chi connectivity index (χ4n) is 1.91. The van der Waals surface area contributed by atoms with Crippen molar-refractivity contribution in [1.29, 1.82) is 0 Å². The number of halogens is 2. The van der Waals surface area contributed by atoms with E-state index in [0.717, 1.165) is 6.42 Å². The number of hydrogen-bond acceptors (Lipinski definition) is 4. The van der Waals surface area contributed by atoms with Crippen molar-refractivity contribution in [3.05, 3.63) is 16.1 Å². The second-order valence-electron chi connectivity index (χ2n) is 4.34. The van der Waals surface area contributed by atoms with Crippen molar-refractivity contribution in [3.63, 3.8) is 0 Å². The smallest absolute Gasteiger partial charge is 0.222 e. The lowest BCUT2D eigenvalue weighted by Crippen LogP contribution is -2.43. The van der Waals surface area contributed by atoms with E-state index in [2.05, 4.69) is 10.3 Å². The van der Waals surface area contributed by atoms with Crippen molar-refractivity contribution in [2.75, 3.05) is 24.6 Å². The first-order valence-corrected chi connectivity index (χ1v) is 6.35. The number of hydrogen-bond donors (Lipinski definition) is 2. The number of anilines is 2. The Hall–Kier alpha value is -1.20. The third-order valence-electron chi connectivity index (χ3n) is 2.92. The van der Waals surface area contributed by atoms with Gasteiger partial charge in [0.25, 0.3) is 0 Å². The Morgan fingerprint density at radius 2 is 2.22 bits per heavy atom. The van der Waals surface area contributed by atoms with Crippen LogP contribution in [0.2, 0.25) is 10.0 Å². The fourth-order valence-corrected chi connectivity index (χ4v) is 2.32. The molecule has 5 nitrogen and oxygen atoms in total. The van der Waals surface area contributed by atoms with Gasteiger partial charge in [-0.1, -0.05) is 23.2 Å². The highest BCUT2D eigenvalue weighted by atomic mass is 35.5. The number of pyridine rings is 1. The Labute approximate surface area is 115 Å². The molecule has 1 fully saturated rings. The van der Waals surface area contributed by atoms with E-state index in [4.69, 9.17) is 28.9 Å². The summed E-state index contributed by atoms with van der Waals surface area (Å²) < 4.78 is 0. The molecule has 1 amide bonds. The predicted molar refractivity (Wildman–Crippen MR) is 73.0 cm³/mol. The number of likely N-dealkylation sites (N-methyl/N-ethyl adjacent to an activating group) is 1. The van der Waals surface area contributed by atoms with Gasteiger partial charge in [-0.15, -0.1) is 0 Å². The summed E-state index contributed by atoms with van der Waals surface area (Å²) in [7, 11) is 1.78. The first-order valence-electron chi connectivity index (χ1n) is 5.59. The molecule has 0 saturated carbocycles. The van der Waals surface area contributed by atoms with Crippen LogP contribution in [0, 0.1) is 0 Å². The summed E-state index contributed by atoms with van der Waals surface area (Å²) in [5, 5.41) is 3.95. The molecule has 0 bridgehead atoms. The first kappa shape index (κ1) is 13.2. The van der Waals surface area contributed by atoms with Crippen LogP contribution in [0.15, 0.2) is 6.07 Å². The molecule has 2 rings (SSSR count). The molecule has 0 aliphatic carbocycles. The Kier molecular flexibility index (Phi) is 3.82. The lowest BCUT2D eigenvalue weighted by molar-refractivity contribution is -0.132. The van der Waals surface area contributed by atoms with E-state index in [1.54, 1.807) is 18.0 Å². The molecule has 1 aromatic rings. The van der Waals surface area contributed by atoms with Crippen LogP contribution < -0.4 is 11.1 Å². The van der Waals surface area contributed by atoms with E-state index in [1.807, 2.05) is 0 Å². The number of nitrogens with two attached hydrogens (primary N) is 1. The van der Waals surface area contributed by atoms with Crippen LogP contribution in [0.3, 0.4) is 0 Å². The highest BCUT2D eigenvalue weighted by molar-refractivity contribution is 6.37. The number of carbonyl (C=O) groups excluding carboxylic acids is 1. The van der Waals surface area contributed by atoms with Gasteiger partial charge >= 0.3 is 0 Å². The average Bonchev–Trinajstić information content (AvgIpc) is 2.31. The number of nitrogen functional groups attached to an aromatic ring is 1. The molecule has 1 aromatic heterocycles. The van der Waals surface area contributed by atoms with Crippen molar-refractivity contribution in [3.8, 4) is 0 Å². The van der Waals surface area contributed by atoms with Crippen LogP contribution >= 0.6 is 23.2 Å². The van der Waals surface area contributed by atoms with E-state index in [0.29, 0.717) is 28.8 Å². The molecule has 0 radical (unpaired) electrons. The Bertz CT molecular complexity index is 480. The third-order valence-corrected chi connectivity index (χ3v) is 3.51. The lowest BCUT2D eigenvalue weighted by Gasteiger charge is -2.30. The molecular weight excluding hydrogens is 275 g/mol. The van der Waals surface area contributed by atoms with E-state index < -0.39 is 0 Å². The fraction of sp³-hybridized carbons (Fsp3) is 0.455. The first-order chi connectivity index (χ1) is 8.47. The topological polar surface area (TPSA) is 71.2 Å². The monoisotopic (exact) mass is 288 g/mol. The van der Waals surface area contributed by atoms with Crippen LogP contribution in [0.25, 0.3) is 0 Å². The van der Waals surface area contributed by atoms with Gasteiger partial charge in [0, 0.05) is 26.1 Å². The van der Waals surface area contributed by atoms with E-state index in [-0.39, 0.29) is 17.8 Å². The normalized spacial score (nSPS) is 20.1. The van der Waals surface area contributed by atoms with Crippen molar-refractivity contribution >= 4 is 40.7 Å². The maximum atomic E-state index is 11.4. The van der Waals surface area contributed by atoms with Crippen LogP contribution in [0.1, 0.15) is 12.8 Å². The molecule has 2 heterocycles. The van der Waals surface area contributed by atoms with Crippen molar-refractivity contribution in [1.82, 2.24) is 9.88 Å². The molecule has 1 saturated heterocycles. The third kappa shape index (κ3) is 2.79. The number of carbonyl (C=O) groups is 1. The molecular formula is C11H14Cl2N4O. The van der Waals surface area contributed by atoms with Gasteiger partial charge in [0.05, 0.1) is 10.0 Å². The van der Waals surface area contributed by atoms with Gasteiger partial charge in [-0.2, -0.15) is 0 Å². The maximum Gasteiger partial charge on any atom is 0.222 e. The molecule has 18 heavy (non-hydrogen) atoms. The van der Waals surface area contributed by atoms with Crippen LogP contribution in [0.4, 0.5) is 11.6 Å². The zero-order chi connectivity index (χ0) is 13.3. The maximum absolute atomic E-state index is 11.4. The quantitative estimate of drug-likeness (QED) is 0.873. The lowest BCUT2D eigenvalue weighted by atomic mass is 10.1. The summed E-state index contributed by atoms with van der Waals surface area (Å²) in [6.45, 7) is 0.624. The zero-order valence-electron chi connectivity index (χ0n) is 9.91. The molecule has 7 heteroatoms. The second kappa shape index (κ2) is 5.20. The van der Waals surface area contributed by atoms with Crippen molar-refractivity contribution in [2.45, 2.75) is 18.9 Å². The van der Waals surface area contributed by atoms with Gasteiger partial charge in [-0.3, -0.25) is 4.79 Å². The van der Waals surface area contributed by atoms with Crippen molar-refractivity contribution in [2.24, 2.45) is 0 Å². The summed E-state index contributed by atoms with van der Waals surface area (Å²) in [6, 6.07) is 1.68. The van der Waals surface area contributed by atoms with Gasteiger partial charge in [0.2, 0.25) is 5.91 Å². The number of rotatable bonds is 2. The summed E-state index contributed by atoms with van der Waals surface area (Å²) in [5.74, 6) is 0.901. The van der Waals surface area contributed by atoms with Gasteiger partial charge < -0.3 is 16.0 Å². The minimum absolute atomic E-state index is 0.123. The minimum Gasteiger partial charge on any atom is -0.382 e. The van der Waals surface area contributed by atoms with Gasteiger partial charge in [0.1, 0.15) is 11.6 Å². The van der Waals surface area contributed by atoms with E-state index >= 15 is 0 Å². The van der Waals surface area contributed by atoms with Gasteiger partial charge in [-0.25, -0.2) is 4.98 Å². The molecule has 1 aliphatic heterocycles. The molecule has 3 N–H and O–H groups in total. The van der Waals surface area contributed by atoms with Gasteiger partial charge in [0.15, 0.2) is 0 Å². The molecule has 1 atom stereocenters. The van der Waals surface area contributed by atoms with E-state index in [1.165, 1.54) is 0 Å². The van der Waals surface area contributed by atoms with Crippen LogP contribution in [-0.4, -0.2) is 35.4 Å². The average molecular weight is 289 g/mol. The summed E-state index contributed by atoms with van der Waals surface area (Å²) in [6.07, 6.45) is 1.28. The van der Waals surface area contributed by atoms with Crippen LogP contribution in [0.5, 0.6) is 0 Å². The minimum atomic E-state index is 0.123. The number of amides is 1. The molecule has 1 aliphatic rings. The second-order valence-corrected chi connectivity index (χ2v) is 5.15. The standard InChI is InChI=1S/C11H14Cl2N4O/c1-17-5-6(2-3-9(17)18)15-11-8(13)4-7(12)10(14)16-11/h4,6H,2-3,5H2,1H3,(H3,14,15,16). The SMILES string of the molecule is CN1CC(Nc2nc(N)c(Cl)cc2Cl)CCC1=O. The Morgan fingerprint density at radius 3 is 2.89 bits per heavy atom. The number of nitrogens with one attached hydrogen (secondary N) is 1. The molecule has 1 unspecified atom stereocenters. The molecule has 0 spiro atoms. The Balaban J connectivity index is 2.10. The largest absolute Gasteiger partial charge is 0.382 e. The number of nitrogens with zero attached hydrogens (tertiary/aromatic N) is 2. The number of likely N-dealkylation sites (tertiary alicyclic amines) is 1. The molecule has 0 aromatic carbocycles.